The van der Waals surface area contributed by atoms with Crippen LogP contribution in [0, 0.1) is 5.82 Å². The molecule has 40 heavy (non-hydrogen) atoms. The number of carbonyl (C=O) groups is 1. The number of benzene rings is 1. The largest absolute Gasteiger partial charge is 0.494 e. The van der Waals surface area contributed by atoms with Crippen LogP contribution in [0.4, 0.5) is 22.4 Å². The Balaban J connectivity index is 1.45. The molecular weight excluding hydrogens is 532 g/mol. The first kappa shape index (κ1) is 27.6. The van der Waals surface area contributed by atoms with E-state index in [2.05, 4.69) is 20.5 Å². The van der Waals surface area contributed by atoms with Gasteiger partial charge in [-0.15, -0.1) is 10.2 Å². The highest BCUT2D eigenvalue weighted by atomic mass is 19.4. The van der Waals surface area contributed by atoms with Gasteiger partial charge in [-0.05, 0) is 51.0 Å². The van der Waals surface area contributed by atoms with Crippen LogP contribution in [-0.4, -0.2) is 68.6 Å². The maximum absolute atomic E-state index is 14.4. The Labute approximate surface area is 227 Å². The van der Waals surface area contributed by atoms with E-state index >= 15 is 0 Å². The standard InChI is InChI=1S/C27H28F4N6O3/c1-26(2,3)40-25(38)32-17-9-10-36(14-17)23(27(29,30)31)16-6-8-22-34-35-24(37(22)13-16)19-7-5-15-11-18(28)21(39-4)12-20(15)33-19/h5-8,11-13,17,23H,9-10,14H2,1-4H3,(H,32,38)/t17-,23+/m0/s1. The first-order chi connectivity index (χ1) is 18.8. The summed E-state index contributed by atoms with van der Waals surface area (Å²) in [6.45, 7) is 5.27. The Morgan fingerprint density at radius 1 is 1.12 bits per heavy atom. The summed E-state index contributed by atoms with van der Waals surface area (Å²) in [7, 11) is 1.34. The van der Waals surface area contributed by atoms with Crippen LogP contribution in [-0.2, 0) is 4.74 Å². The van der Waals surface area contributed by atoms with Crippen molar-refractivity contribution in [3.8, 4) is 17.3 Å². The van der Waals surface area contributed by atoms with Crippen LogP contribution in [0.25, 0.3) is 28.1 Å². The lowest BCUT2D eigenvalue weighted by atomic mass is 10.1. The molecule has 13 heteroatoms. The quantitative estimate of drug-likeness (QED) is 0.332. The number of nitrogens with zero attached hydrogens (tertiary/aromatic N) is 5. The molecule has 212 valence electrons. The Morgan fingerprint density at radius 3 is 2.60 bits per heavy atom. The van der Waals surface area contributed by atoms with E-state index in [-0.39, 0.29) is 30.2 Å². The SMILES string of the molecule is COc1cc2nc(-c3nnc4ccc([C@@H](N5CC[C@H](NC(=O)OC(C)(C)C)C5)C(F)(F)F)cn34)ccc2cc1F. The number of methoxy groups -OCH3 is 1. The topological polar surface area (TPSA) is 93.9 Å². The molecule has 1 aliphatic rings. The van der Waals surface area contributed by atoms with Crippen LogP contribution in [0.15, 0.2) is 42.6 Å². The monoisotopic (exact) mass is 560 g/mol. The number of likely N-dealkylation sites (tertiary alicyclic amines) is 1. The third-order valence-electron chi connectivity index (χ3n) is 6.55. The molecule has 3 aromatic heterocycles. The zero-order valence-corrected chi connectivity index (χ0v) is 22.3. The van der Waals surface area contributed by atoms with Crippen LogP contribution >= 0.6 is 0 Å². The highest BCUT2D eigenvalue weighted by molar-refractivity contribution is 5.82. The molecule has 0 spiro atoms. The summed E-state index contributed by atoms with van der Waals surface area (Å²) < 4.78 is 69.2. The van der Waals surface area contributed by atoms with Crippen LogP contribution < -0.4 is 10.1 Å². The number of halogens is 4. The van der Waals surface area contributed by atoms with Crippen molar-refractivity contribution in [1.29, 1.82) is 0 Å². The lowest BCUT2D eigenvalue weighted by molar-refractivity contribution is -0.184. The molecule has 1 saturated heterocycles. The number of hydrogen-bond acceptors (Lipinski definition) is 7. The van der Waals surface area contributed by atoms with Gasteiger partial charge < -0.3 is 14.8 Å². The minimum absolute atomic E-state index is 0.00111. The molecular formula is C27H28F4N6O3. The van der Waals surface area contributed by atoms with E-state index in [0.29, 0.717) is 28.7 Å². The number of pyridine rings is 2. The summed E-state index contributed by atoms with van der Waals surface area (Å²) >= 11 is 0. The highest BCUT2D eigenvalue weighted by Gasteiger charge is 2.47. The molecule has 4 aromatic rings. The number of nitrogens with one attached hydrogen (secondary N) is 1. The van der Waals surface area contributed by atoms with Gasteiger partial charge in [0.2, 0.25) is 0 Å². The first-order valence-electron chi connectivity index (χ1n) is 12.6. The molecule has 1 amide bonds. The molecule has 0 unspecified atom stereocenters. The number of aromatic nitrogens is 4. The summed E-state index contributed by atoms with van der Waals surface area (Å²) in [4.78, 5) is 18.0. The summed E-state index contributed by atoms with van der Waals surface area (Å²) in [6.07, 6.45) is -3.56. The number of amides is 1. The summed E-state index contributed by atoms with van der Waals surface area (Å²) in [5, 5.41) is 11.4. The van der Waals surface area contributed by atoms with E-state index in [1.54, 1.807) is 32.9 Å². The fraction of sp³-hybridized carbons (Fsp3) is 0.407. The first-order valence-corrected chi connectivity index (χ1v) is 12.6. The summed E-state index contributed by atoms with van der Waals surface area (Å²) in [5.41, 5.74) is 0.382. The number of alkyl halides is 3. The van der Waals surface area contributed by atoms with Crippen molar-refractivity contribution in [3.63, 3.8) is 0 Å². The Hall–Kier alpha value is -4.00. The van der Waals surface area contributed by atoms with Crippen molar-refractivity contribution in [2.24, 2.45) is 0 Å². The van der Waals surface area contributed by atoms with Crippen molar-refractivity contribution < 1.29 is 31.8 Å². The summed E-state index contributed by atoms with van der Waals surface area (Å²) in [6, 6.07) is 6.42. The molecule has 0 saturated carbocycles. The Kier molecular flexibility index (Phi) is 7.02. The van der Waals surface area contributed by atoms with E-state index in [0.717, 1.165) is 0 Å². The minimum atomic E-state index is -4.59. The van der Waals surface area contributed by atoms with E-state index in [1.807, 2.05) is 0 Å². The zero-order chi connectivity index (χ0) is 28.8. The van der Waals surface area contributed by atoms with Crippen LogP contribution in [0.2, 0.25) is 0 Å². The highest BCUT2D eigenvalue weighted by Crippen LogP contribution is 2.40. The van der Waals surface area contributed by atoms with Crippen LogP contribution in [0.1, 0.15) is 38.8 Å². The number of alkyl carbamates (subject to hydrolysis) is 1. The lowest BCUT2D eigenvalue weighted by Gasteiger charge is -2.30. The maximum atomic E-state index is 14.4. The van der Waals surface area contributed by atoms with Gasteiger partial charge in [-0.1, -0.05) is 12.1 Å². The number of hydrogen-bond donors (Lipinski definition) is 1. The predicted molar refractivity (Wildman–Crippen MR) is 138 cm³/mol. The van der Waals surface area contributed by atoms with E-state index in [1.165, 1.54) is 46.9 Å². The number of ether oxygens (including phenoxy) is 2. The average molecular weight is 561 g/mol. The third kappa shape index (κ3) is 5.64. The molecule has 1 fully saturated rings. The molecule has 9 nitrogen and oxygen atoms in total. The van der Waals surface area contributed by atoms with Gasteiger partial charge in [-0.3, -0.25) is 9.30 Å². The van der Waals surface area contributed by atoms with E-state index < -0.39 is 35.8 Å². The molecule has 1 N–H and O–H groups in total. The van der Waals surface area contributed by atoms with Gasteiger partial charge in [0.15, 0.2) is 23.0 Å². The third-order valence-corrected chi connectivity index (χ3v) is 6.55. The van der Waals surface area contributed by atoms with Crippen molar-refractivity contribution in [1.82, 2.24) is 29.8 Å². The normalized spacial score (nSPS) is 17.4. The molecule has 4 heterocycles. The van der Waals surface area contributed by atoms with Crippen molar-refractivity contribution in [3.05, 3.63) is 54.0 Å². The zero-order valence-electron chi connectivity index (χ0n) is 22.3. The average Bonchev–Trinajstić information content (AvgIpc) is 3.48. The van der Waals surface area contributed by atoms with Gasteiger partial charge >= 0.3 is 12.3 Å². The van der Waals surface area contributed by atoms with Crippen molar-refractivity contribution in [2.75, 3.05) is 20.2 Å². The van der Waals surface area contributed by atoms with Gasteiger partial charge in [-0.25, -0.2) is 14.2 Å². The fourth-order valence-electron chi connectivity index (χ4n) is 4.87. The van der Waals surface area contributed by atoms with Crippen LogP contribution in [0.3, 0.4) is 0 Å². The molecule has 1 aromatic carbocycles. The molecule has 1 aliphatic heterocycles. The molecule has 0 radical (unpaired) electrons. The second kappa shape index (κ2) is 10.2. The molecule has 2 atom stereocenters. The smallest absolute Gasteiger partial charge is 0.408 e. The van der Waals surface area contributed by atoms with Crippen LogP contribution in [0.5, 0.6) is 5.75 Å². The number of fused-ring (bicyclic) bond motifs is 2. The van der Waals surface area contributed by atoms with E-state index in [9.17, 15) is 22.4 Å². The van der Waals surface area contributed by atoms with Gasteiger partial charge in [0, 0.05) is 36.8 Å². The minimum Gasteiger partial charge on any atom is -0.494 e. The lowest BCUT2D eigenvalue weighted by Crippen LogP contribution is -2.42. The fourth-order valence-corrected chi connectivity index (χ4v) is 4.87. The van der Waals surface area contributed by atoms with Gasteiger partial charge in [0.25, 0.3) is 0 Å². The second-order valence-electron chi connectivity index (χ2n) is 10.7. The Morgan fingerprint density at radius 2 is 1.90 bits per heavy atom. The van der Waals surface area contributed by atoms with Gasteiger partial charge in [0.1, 0.15) is 17.3 Å². The maximum Gasteiger partial charge on any atom is 0.408 e. The number of rotatable bonds is 5. The second-order valence-corrected chi connectivity index (χ2v) is 10.7. The Bertz CT molecular complexity index is 1570. The number of carbonyl (C=O) groups excluding carboxylic acids is 1. The van der Waals surface area contributed by atoms with Crippen molar-refractivity contribution >= 4 is 22.6 Å². The van der Waals surface area contributed by atoms with Gasteiger partial charge in [-0.2, -0.15) is 13.2 Å². The predicted octanol–water partition coefficient (Wildman–Crippen LogP) is 5.29. The molecule has 0 aliphatic carbocycles. The molecule has 5 rings (SSSR count). The van der Waals surface area contributed by atoms with Gasteiger partial charge in [0.05, 0.1) is 12.6 Å². The van der Waals surface area contributed by atoms with E-state index in [4.69, 9.17) is 9.47 Å². The summed E-state index contributed by atoms with van der Waals surface area (Å²) in [5.74, 6) is -0.289. The van der Waals surface area contributed by atoms with Crippen molar-refractivity contribution in [2.45, 2.75) is 51.1 Å². The molecule has 0 bridgehead atoms.